The van der Waals surface area contributed by atoms with E-state index in [1.165, 1.54) is 10.2 Å². The van der Waals surface area contributed by atoms with Crippen LogP contribution in [0.2, 0.25) is 5.02 Å². The van der Waals surface area contributed by atoms with E-state index in [1.54, 1.807) is 30.5 Å². The molecule has 0 atom stereocenters. The quantitative estimate of drug-likeness (QED) is 0.488. The number of carbonyl (C=O) groups excluding carboxylic acids is 1. The van der Waals surface area contributed by atoms with Crippen LogP contribution in [0.4, 0.5) is 5.69 Å². The van der Waals surface area contributed by atoms with Crippen molar-refractivity contribution in [3.63, 3.8) is 0 Å². The molecule has 0 radical (unpaired) electrons. The molecule has 0 saturated heterocycles. The van der Waals surface area contributed by atoms with E-state index in [9.17, 15) is 4.79 Å². The second kappa shape index (κ2) is 7.37. The van der Waals surface area contributed by atoms with Gasteiger partial charge < -0.3 is 9.73 Å². The Bertz CT molecular complexity index is 1150. The molecule has 2 aromatic heterocycles. The summed E-state index contributed by atoms with van der Waals surface area (Å²) in [6.07, 6.45) is 1.57. The summed E-state index contributed by atoms with van der Waals surface area (Å²) in [5, 5.41) is 7.99. The number of hydrogen-bond donors (Lipinski definition) is 1. The average Bonchev–Trinajstić information content (AvgIpc) is 3.34. The molecule has 1 amide bonds. The van der Waals surface area contributed by atoms with Crippen molar-refractivity contribution in [2.24, 2.45) is 0 Å². The first kappa shape index (κ1) is 18.1. The summed E-state index contributed by atoms with van der Waals surface area (Å²) in [6.45, 7) is 4.04. The van der Waals surface area contributed by atoms with Crippen LogP contribution >= 0.6 is 11.6 Å². The highest BCUT2D eigenvalue weighted by Gasteiger charge is 2.20. The van der Waals surface area contributed by atoms with Gasteiger partial charge in [0.05, 0.1) is 17.0 Å². The fraction of sp³-hybridized carbons (Fsp3) is 0.0909. The Kier molecular flexibility index (Phi) is 4.75. The normalized spacial score (nSPS) is 10.8. The van der Waals surface area contributed by atoms with Gasteiger partial charge in [-0.05, 0) is 61.4 Å². The number of amides is 1. The smallest absolute Gasteiger partial charge is 0.274 e. The van der Waals surface area contributed by atoms with Gasteiger partial charge in [-0.3, -0.25) is 4.79 Å². The summed E-state index contributed by atoms with van der Waals surface area (Å²) < 4.78 is 6.98. The number of nitrogens with zero attached hydrogens (tertiary/aromatic N) is 2. The van der Waals surface area contributed by atoms with Crippen LogP contribution < -0.4 is 5.32 Å². The lowest BCUT2D eigenvalue weighted by molar-refractivity contribution is 0.101. The van der Waals surface area contributed by atoms with Gasteiger partial charge in [0, 0.05) is 11.8 Å². The third-order valence-corrected chi connectivity index (χ3v) is 4.88. The van der Waals surface area contributed by atoms with Crippen LogP contribution in [0.1, 0.15) is 21.6 Å². The summed E-state index contributed by atoms with van der Waals surface area (Å²) in [6, 6.07) is 18.3. The lowest BCUT2D eigenvalue weighted by Gasteiger charge is -2.10. The van der Waals surface area contributed by atoms with Crippen LogP contribution in [0, 0.1) is 13.8 Å². The molecular formula is C22H18ClN3O2. The average molecular weight is 392 g/mol. The molecule has 0 aliphatic heterocycles. The summed E-state index contributed by atoms with van der Waals surface area (Å²) >= 11 is 6.35. The Hall–Kier alpha value is -3.31. The Balaban J connectivity index is 1.77. The molecule has 0 unspecified atom stereocenters. The maximum atomic E-state index is 13.1. The number of aromatic nitrogens is 2. The van der Waals surface area contributed by atoms with Crippen LogP contribution in [0.3, 0.4) is 0 Å². The highest BCUT2D eigenvalue weighted by molar-refractivity contribution is 6.32. The van der Waals surface area contributed by atoms with Gasteiger partial charge in [-0.25, -0.2) is 4.68 Å². The predicted molar refractivity (Wildman–Crippen MR) is 110 cm³/mol. The van der Waals surface area contributed by atoms with E-state index in [2.05, 4.69) is 10.4 Å². The van der Waals surface area contributed by atoms with Crippen LogP contribution in [0.15, 0.2) is 71.3 Å². The second-order valence-corrected chi connectivity index (χ2v) is 6.92. The molecule has 140 valence electrons. The molecule has 2 aromatic carbocycles. The first-order valence-electron chi connectivity index (χ1n) is 8.80. The van der Waals surface area contributed by atoms with Gasteiger partial charge in [-0.1, -0.05) is 29.8 Å². The van der Waals surface area contributed by atoms with E-state index in [1.807, 2.05) is 50.2 Å². The Morgan fingerprint density at radius 3 is 2.57 bits per heavy atom. The van der Waals surface area contributed by atoms with Crippen LogP contribution in [0.5, 0.6) is 0 Å². The molecule has 4 aromatic rings. The Morgan fingerprint density at radius 2 is 1.86 bits per heavy atom. The zero-order chi connectivity index (χ0) is 19.7. The first-order chi connectivity index (χ1) is 13.5. The standard InChI is InChI=1S/C22H18ClN3O2/c1-14-9-10-16(12-15(14)2)24-22(27)20-13-18(21-8-5-11-28-21)25-26(20)19-7-4-3-6-17(19)23/h3-13H,1-2H3,(H,24,27). The number of hydrogen-bond acceptors (Lipinski definition) is 3. The van der Waals surface area contributed by atoms with Crippen LogP contribution in [0.25, 0.3) is 17.1 Å². The molecule has 28 heavy (non-hydrogen) atoms. The fourth-order valence-corrected chi connectivity index (χ4v) is 3.12. The molecular weight excluding hydrogens is 374 g/mol. The number of nitrogens with one attached hydrogen (secondary N) is 1. The number of rotatable bonds is 4. The molecule has 0 aliphatic carbocycles. The van der Waals surface area contributed by atoms with E-state index in [-0.39, 0.29) is 5.91 Å². The SMILES string of the molecule is Cc1ccc(NC(=O)c2cc(-c3ccco3)nn2-c2ccccc2Cl)cc1C. The minimum atomic E-state index is -0.284. The summed E-state index contributed by atoms with van der Waals surface area (Å²) in [5.41, 5.74) is 4.52. The highest BCUT2D eigenvalue weighted by atomic mass is 35.5. The van der Waals surface area contributed by atoms with E-state index in [0.717, 1.165) is 11.3 Å². The van der Waals surface area contributed by atoms with Crippen molar-refractivity contribution in [3.8, 4) is 17.1 Å². The van der Waals surface area contributed by atoms with Gasteiger partial charge in [0.25, 0.3) is 5.91 Å². The van der Waals surface area contributed by atoms with Crippen molar-refractivity contribution < 1.29 is 9.21 Å². The van der Waals surface area contributed by atoms with Crippen molar-refractivity contribution in [1.29, 1.82) is 0 Å². The van der Waals surface area contributed by atoms with E-state index < -0.39 is 0 Å². The highest BCUT2D eigenvalue weighted by Crippen LogP contribution is 2.26. The number of halogens is 1. The molecule has 0 bridgehead atoms. The van der Waals surface area contributed by atoms with Gasteiger partial charge >= 0.3 is 0 Å². The van der Waals surface area contributed by atoms with Crippen molar-refractivity contribution in [1.82, 2.24) is 9.78 Å². The number of benzene rings is 2. The lowest BCUT2D eigenvalue weighted by atomic mass is 10.1. The second-order valence-electron chi connectivity index (χ2n) is 6.51. The maximum Gasteiger partial charge on any atom is 0.274 e. The molecule has 5 nitrogen and oxygen atoms in total. The molecule has 0 spiro atoms. The first-order valence-corrected chi connectivity index (χ1v) is 9.18. The lowest BCUT2D eigenvalue weighted by Crippen LogP contribution is -2.17. The number of furan rings is 1. The minimum Gasteiger partial charge on any atom is -0.463 e. The Morgan fingerprint density at radius 1 is 1.04 bits per heavy atom. The molecule has 4 rings (SSSR count). The zero-order valence-corrected chi connectivity index (χ0v) is 16.2. The number of para-hydroxylation sites is 1. The number of aryl methyl sites for hydroxylation is 2. The van der Waals surface area contributed by atoms with E-state index in [4.69, 9.17) is 16.0 Å². The molecule has 0 fully saturated rings. The topological polar surface area (TPSA) is 60.1 Å². The van der Waals surface area contributed by atoms with E-state index in [0.29, 0.717) is 27.9 Å². The molecule has 0 aliphatic rings. The number of anilines is 1. The van der Waals surface area contributed by atoms with Gasteiger partial charge in [-0.15, -0.1) is 0 Å². The van der Waals surface area contributed by atoms with Crippen LogP contribution in [-0.2, 0) is 0 Å². The van der Waals surface area contributed by atoms with Gasteiger partial charge in [-0.2, -0.15) is 5.10 Å². The predicted octanol–water partition coefficient (Wildman–Crippen LogP) is 5.65. The fourth-order valence-electron chi connectivity index (χ4n) is 2.91. The minimum absolute atomic E-state index is 0.284. The monoisotopic (exact) mass is 391 g/mol. The van der Waals surface area contributed by atoms with Crippen LogP contribution in [-0.4, -0.2) is 15.7 Å². The molecule has 0 saturated carbocycles. The van der Waals surface area contributed by atoms with Crippen molar-refractivity contribution in [2.45, 2.75) is 13.8 Å². The maximum absolute atomic E-state index is 13.1. The summed E-state index contributed by atoms with van der Waals surface area (Å²) in [7, 11) is 0. The van der Waals surface area contributed by atoms with Gasteiger partial charge in [0.2, 0.25) is 0 Å². The van der Waals surface area contributed by atoms with Crippen molar-refractivity contribution in [3.05, 3.63) is 88.8 Å². The number of carbonyl (C=O) groups is 1. The summed E-state index contributed by atoms with van der Waals surface area (Å²) in [5.74, 6) is 0.291. The Labute approximate surface area is 167 Å². The molecule has 6 heteroatoms. The molecule has 2 heterocycles. The van der Waals surface area contributed by atoms with Crippen molar-refractivity contribution in [2.75, 3.05) is 5.32 Å². The van der Waals surface area contributed by atoms with Gasteiger partial charge in [0.15, 0.2) is 5.76 Å². The third-order valence-electron chi connectivity index (χ3n) is 4.56. The molecule has 1 N–H and O–H groups in total. The third kappa shape index (κ3) is 3.44. The van der Waals surface area contributed by atoms with E-state index >= 15 is 0 Å². The zero-order valence-electron chi connectivity index (χ0n) is 15.4. The summed E-state index contributed by atoms with van der Waals surface area (Å²) in [4.78, 5) is 13.1. The largest absolute Gasteiger partial charge is 0.463 e. The van der Waals surface area contributed by atoms with Crippen molar-refractivity contribution >= 4 is 23.2 Å². The van der Waals surface area contributed by atoms with Gasteiger partial charge in [0.1, 0.15) is 11.4 Å².